The first kappa shape index (κ1) is 11.3. The molecule has 15 heavy (non-hydrogen) atoms. The highest BCUT2D eigenvalue weighted by Gasteiger charge is 2.33. The van der Waals surface area contributed by atoms with E-state index in [0.29, 0.717) is 0 Å². The minimum absolute atomic E-state index is 0.109. The van der Waals surface area contributed by atoms with Gasteiger partial charge in [-0.2, -0.15) is 18.4 Å². The Morgan fingerprint density at radius 1 is 1.47 bits per heavy atom. The molecule has 0 aliphatic carbocycles. The topological polar surface area (TPSA) is 45.9 Å². The van der Waals surface area contributed by atoms with Crippen molar-refractivity contribution in [2.24, 2.45) is 0 Å². The zero-order chi connectivity index (χ0) is 11.5. The van der Waals surface area contributed by atoms with Crippen LogP contribution in [0.15, 0.2) is 12.1 Å². The van der Waals surface area contributed by atoms with E-state index in [9.17, 15) is 13.2 Å². The molecule has 3 nitrogen and oxygen atoms in total. The molecular formula is C9H7F3N2O. The average Bonchev–Trinajstić information content (AvgIpc) is 2.16. The predicted molar refractivity (Wildman–Crippen MR) is 45.1 cm³/mol. The van der Waals surface area contributed by atoms with Crippen molar-refractivity contribution in [1.82, 2.24) is 4.98 Å². The second-order valence-corrected chi connectivity index (χ2v) is 2.74. The lowest BCUT2D eigenvalue weighted by Crippen LogP contribution is -2.09. The molecule has 1 aromatic rings. The van der Waals surface area contributed by atoms with Gasteiger partial charge in [0.2, 0.25) is 5.88 Å². The van der Waals surface area contributed by atoms with Crippen molar-refractivity contribution in [2.45, 2.75) is 12.6 Å². The van der Waals surface area contributed by atoms with Gasteiger partial charge in [0, 0.05) is 6.07 Å². The Hall–Kier alpha value is -1.77. The number of methoxy groups -OCH3 is 1. The number of pyridine rings is 1. The van der Waals surface area contributed by atoms with Crippen molar-refractivity contribution in [1.29, 1.82) is 5.26 Å². The largest absolute Gasteiger partial charge is 0.481 e. The first-order valence-electron chi connectivity index (χ1n) is 3.96. The molecule has 0 aromatic carbocycles. The van der Waals surface area contributed by atoms with Crippen LogP contribution >= 0.6 is 0 Å². The third-order valence-electron chi connectivity index (χ3n) is 1.64. The number of ether oxygens (including phenoxy) is 1. The Morgan fingerprint density at radius 2 is 2.13 bits per heavy atom. The number of nitrogens with zero attached hydrogens (tertiary/aromatic N) is 2. The summed E-state index contributed by atoms with van der Waals surface area (Å²) in [7, 11) is 1.22. The lowest BCUT2D eigenvalue weighted by atomic mass is 10.2. The lowest BCUT2D eigenvalue weighted by Gasteiger charge is -2.08. The zero-order valence-electron chi connectivity index (χ0n) is 7.80. The molecule has 0 aliphatic rings. The number of hydrogen-bond donors (Lipinski definition) is 0. The van der Waals surface area contributed by atoms with Crippen molar-refractivity contribution in [3.63, 3.8) is 0 Å². The maximum atomic E-state index is 12.3. The van der Waals surface area contributed by atoms with Gasteiger partial charge in [-0.3, -0.25) is 0 Å². The molecule has 0 spiro atoms. The Bertz CT molecular complexity index is 395. The minimum atomic E-state index is -4.53. The van der Waals surface area contributed by atoms with E-state index in [1.807, 2.05) is 0 Å². The zero-order valence-corrected chi connectivity index (χ0v) is 7.80. The first-order valence-corrected chi connectivity index (χ1v) is 3.96. The van der Waals surface area contributed by atoms with Crippen molar-refractivity contribution in [2.75, 3.05) is 7.11 Å². The fourth-order valence-electron chi connectivity index (χ4n) is 1.00. The van der Waals surface area contributed by atoms with Crippen LogP contribution in [0.3, 0.4) is 0 Å². The van der Waals surface area contributed by atoms with Gasteiger partial charge in [-0.15, -0.1) is 0 Å². The SMILES string of the molecule is COc1cc(CC#N)cc(C(F)(F)F)n1. The second-order valence-electron chi connectivity index (χ2n) is 2.74. The van der Waals surface area contributed by atoms with Crippen LogP contribution in [0.2, 0.25) is 0 Å². The van der Waals surface area contributed by atoms with E-state index in [-0.39, 0.29) is 17.9 Å². The Kier molecular flexibility index (Phi) is 3.14. The van der Waals surface area contributed by atoms with Gasteiger partial charge in [0.1, 0.15) is 5.69 Å². The third-order valence-corrected chi connectivity index (χ3v) is 1.64. The highest BCUT2D eigenvalue weighted by molar-refractivity contribution is 5.28. The van der Waals surface area contributed by atoms with Crippen LogP contribution < -0.4 is 4.74 Å². The molecule has 80 valence electrons. The molecule has 0 N–H and O–H groups in total. The van der Waals surface area contributed by atoms with E-state index < -0.39 is 11.9 Å². The maximum absolute atomic E-state index is 12.3. The number of halogens is 3. The monoisotopic (exact) mass is 216 g/mol. The van der Waals surface area contributed by atoms with Gasteiger partial charge in [0.05, 0.1) is 19.6 Å². The molecule has 0 bridgehead atoms. The Labute approximate surface area is 84.1 Å². The molecule has 0 saturated carbocycles. The second kappa shape index (κ2) is 4.17. The molecule has 0 unspecified atom stereocenters. The smallest absolute Gasteiger partial charge is 0.433 e. The van der Waals surface area contributed by atoms with Crippen LogP contribution in [0.25, 0.3) is 0 Å². The number of hydrogen-bond acceptors (Lipinski definition) is 3. The highest BCUT2D eigenvalue weighted by Crippen LogP contribution is 2.29. The number of rotatable bonds is 2. The van der Waals surface area contributed by atoms with Gasteiger partial charge < -0.3 is 4.74 Å². The van der Waals surface area contributed by atoms with Crippen LogP contribution in [-0.4, -0.2) is 12.1 Å². The molecule has 0 atom stereocenters. The van der Waals surface area contributed by atoms with Crippen molar-refractivity contribution >= 4 is 0 Å². The highest BCUT2D eigenvalue weighted by atomic mass is 19.4. The van der Waals surface area contributed by atoms with Crippen LogP contribution in [-0.2, 0) is 12.6 Å². The summed E-state index contributed by atoms with van der Waals surface area (Å²) in [6.07, 6.45) is -4.64. The van der Waals surface area contributed by atoms with E-state index in [2.05, 4.69) is 9.72 Å². The minimum Gasteiger partial charge on any atom is -0.481 e. The Morgan fingerprint density at radius 3 is 2.60 bits per heavy atom. The molecule has 6 heteroatoms. The van der Waals surface area contributed by atoms with Gasteiger partial charge in [-0.05, 0) is 11.6 Å². The van der Waals surface area contributed by atoms with Crippen molar-refractivity contribution in [3.8, 4) is 11.9 Å². The summed E-state index contributed by atoms with van der Waals surface area (Å²) in [4.78, 5) is 3.25. The van der Waals surface area contributed by atoms with Crippen molar-refractivity contribution in [3.05, 3.63) is 23.4 Å². The fraction of sp³-hybridized carbons (Fsp3) is 0.333. The molecular weight excluding hydrogens is 209 g/mol. The van der Waals surface area contributed by atoms with Crippen LogP contribution in [0, 0.1) is 11.3 Å². The van der Waals surface area contributed by atoms with Gasteiger partial charge in [0.25, 0.3) is 0 Å². The summed E-state index contributed by atoms with van der Waals surface area (Å²) in [5.41, 5.74) is -0.816. The summed E-state index contributed by atoms with van der Waals surface area (Å²) in [5.74, 6) is -0.143. The molecule has 1 aromatic heterocycles. The maximum Gasteiger partial charge on any atom is 0.433 e. The van der Waals surface area contributed by atoms with E-state index in [4.69, 9.17) is 5.26 Å². The molecule has 1 heterocycles. The van der Waals surface area contributed by atoms with E-state index in [0.717, 1.165) is 6.07 Å². The Balaban J connectivity index is 3.18. The lowest BCUT2D eigenvalue weighted by molar-refractivity contribution is -0.141. The normalized spacial score (nSPS) is 10.9. The van der Waals surface area contributed by atoms with Crippen LogP contribution in [0.1, 0.15) is 11.3 Å². The molecule has 0 amide bonds. The first-order chi connectivity index (χ1) is 6.97. The van der Waals surface area contributed by atoms with E-state index in [1.54, 1.807) is 6.07 Å². The summed E-state index contributed by atoms with van der Waals surface area (Å²) >= 11 is 0. The van der Waals surface area contributed by atoms with Crippen molar-refractivity contribution < 1.29 is 17.9 Å². The van der Waals surface area contributed by atoms with Gasteiger partial charge in [-0.1, -0.05) is 0 Å². The van der Waals surface area contributed by atoms with Gasteiger partial charge in [0.15, 0.2) is 0 Å². The summed E-state index contributed by atoms with van der Waals surface area (Å²) in [6, 6.07) is 3.91. The van der Waals surface area contributed by atoms with Crippen LogP contribution in [0.4, 0.5) is 13.2 Å². The molecule has 0 radical (unpaired) electrons. The van der Waals surface area contributed by atoms with Gasteiger partial charge in [-0.25, -0.2) is 4.98 Å². The molecule has 1 rings (SSSR count). The average molecular weight is 216 g/mol. The molecule has 0 fully saturated rings. The number of aromatic nitrogens is 1. The standard InChI is InChI=1S/C9H7F3N2O/c1-15-8-5-6(2-3-13)4-7(14-8)9(10,11)12/h4-5H,2H2,1H3. The predicted octanol–water partition coefficient (Wildman–Crippen LogP) is 2.18. The number of alkyl halides is 3. The molecule has 0 aliphatic heterocycles. The number of nitriles is 1. The summed E-state index contributed by atoms with van der Waals surface area (Å²) in [5, 5.41) is 8.38. The summed E-state index contributed by atoms with van der Waals surface area (Å²) < 4.78 is 41.6. The fourth-order valence-corrected chi connectivity index (χ4v) is 1.00. The quantitative estimate of drug-likeness (QED) is 0.761. The summed E-state index contributed by atoms with van der Waals surface area (Å²) in [6.45, 7) is 0. The van der Waals surface area contributed by atoms with Gasteiger partial charge >= 0.3 is 6.18 Å². The molecule has 0 saturated heterocycles. The third kappa shape index (κ3) is 2.84. The van der Waals surface area contributed by atoms with E-state index >= 15 is 0 Å². The van der Waals surface area contributed by atoms with Crippen LogP contribution in [0.5, 0.6) is 5.88 Å². The van der Waals surface area contributed by atoms with E-state index in [1.165, 1.54) is 13.2 Å².